The van der Waals surface area contributed by atoms with Crippen molar-refractivity contribution in [3.63, 3.8) is 0 Å². The van der Waals surface area contributed by atoms with Crippen LogP contribution >= 0.6 is 0 Å². The average Bonchev–Trinajstić information content (AvgIpc) is 2.57. The largest absolute Gasteiger partial charge is 0.438 e. The third-order valence-electron chi connectivity index (χ3n) is 4.70. The van der Waals surface area contributed by atoms with Crippen molar-refractivity contribution < 1.29 is 18.3 Å². The highest BCUT2D eigenvalue weighted by Gasteiger charge is 2.41. The Kier molecular flexibility index (Phi) is 4.37. The molecule has 1 aliphatic rings. The second-order valence-electron chi connectivity index (χ2n) is 6.14. The van der Waals surface area contributed by atoms with Gasteiger partial charge >= 0.3 is 6.09 Å². The zero-order valence-corrected chi connectivity index (χ0v) is 14.4. The van der Waals surface area contributed by atoms with E-state index in [1.54, 1.807) is 13.1 Å². The lowest BCUT2D eigenvalue weighted by Gasteiger charge is -2.41. The smallest absolute Gasteiger partial charge is 0.414 e. The molecule has 0 spiro atoms. The van der Waals surface area contributed by atoms with Crippen molar-refractivity contribution in [3.8, 4) is 0 Å². The topological polar surface area (TPSA) is 41.6 Å². The van der Waals surface area contributed by atoms with E-state index in [0.717, 1.165) is 17.3 Å². The van der Waals surface area contributed by atoms with Gasteiger partial charge in [-0.25, -0.2) is 13.6 Å². The van der Waals surface area contributed by atoms with Crippen molar-refractivity contribution in [3.05, 3.63) is 53.6 Å². The first-order valence-electron chi connectivity index (χ1n) is 8.23. The molecule has 0 bridgehead atoms. The van der Waals surface area contributed by atoms with Gasteiger partial charge in [-0.05, 0) is 43.2 Å². The van der Waals surface area contributed by atoms with Crippen molar-refractivity contribution >= 4 is 23.2 Å². The molecule has 1 heterocycles. The van der Waals surface area contributed by atoms with Crippen LogP contribution in [-0.2, 0) is 10.3 Å². The normalized spacial score (nSPS) is 15.6. The van der Waals surface area contributed by atoms with Crippen molar-refractivity contribution in [2.24, 2.45) is 0 Å². The van der Waals surface area contributed by atoms with Crippen molar-refractivity contribution in [2.45, 2.75) is 32.3 Å². The zero-order valence-electron chi connectivity index (χ0n) is 14.4. The lowest BCUT2D eigenvalue weighted by Crippen LogP contribution is -2.43. The third kappa shape index (κ3) is 3.04. The van der Waals surface area contributed by atoms with Crippen LogP contribution < -0.4 is 10.2 Å². The summed E-state index contributed by atoms with van der Waals surface area (Å²) in [4.78, 5) is 13.6. The number of amides is 1. The highest BCUT2D eigenvalue weighted by atomic mass is 19.1. The number of carbonyl (C=O) groups is 1. The molecule has 0 atom stereocenters. The number of fused-ring (bicyclic) bond motifs is 1. The number of nitrogens with zero attached hydrogens (tertiary/aromatic N) is 1. The van der Waals surface area contributed by atoms with Crippen LogP contribution in [0.4, 0.5) is 30.6 Å². The van der Waals surface area contributed by atoms with Gasteiger partial charge in [0.1, 0.15) is 17.2 Å². The van der Waals surface area contributed by atoms with E-state index in [4.69, 9.17) is 4.74 Å². The Labute approximate surface area is 145 Å². The van der Waals surface area contributed by atoms with Crippen LogP contribution in [0, 0.1) is 11.6 Å². The molecule has 0 fully saturated rings. The number of nitrogens with one attached hydrogen (secondary N) is 1. The van der Waals surface area contributed by atoms with Gasteiger partial charge in [0.2, 0.25) is 0 Å². The van der Waals surface area contributed by atoms with Gasteiger partial charge in [-0.1, -0.05) is 13.8 Å². The molecular weight excluding hydrogens is 326 g/mol. The average molecular weight is 346 g/mol. The predicted molar refractivity (Wildman–Crippen MR) is 93.2 cm³/mol. The minimum Gasteiger partial charge on any atom is -0.438 e. The van der Waals surface area contributed by atoms with Crippen LogP contribution in [-0.4, -0.2) is 13.1 Å². The number of rotatable bonds is 4. The molecule has 0 saturated carbocycles. The van der Waals surface area contributed by atoms with Crippen LogP contribution in [0.15, 0.2) is 36.4 Å². The third-order valence-corrected chi connectivity index (χ3v) is 4.70. The molecule has 2 aromatic rings. The highest BCUT2D eigenvalue weighted by molar-refractivity contribution is 5.91. The van der Waals surface area contributed by atoms with E-state index in [-0.39, 0.29) is 6.09 Å². The van der Waals surface area contributed by atoms with Crippen LogP contribution in [0.25, 0.3) is 0 Å². The van der Waals surface area contributed by atoms with Crippen molar-refractivity contribution in [1.29, 1.82) is 0 Å². The summed E-state index contributed by atoms with van der Waals surface area (Å²) in [6, 6.07) is 8.73. The molecule has 132 valence electrons. The number of hydrogen-bond acceptors (Lipinski definition) is 3. The van der Waals surface area contributed by atoms with Gasteiger partial charge in [0.25, 0.3) is 0 Å². The molecule has 1 aliphatic heterocycles. The molecule has 0 aliphatic carbocycles. The van der Waals surface area contributed by atoms with Gasteiger partial charge < -0.3 is 10.1 Å². The summed E-state index contributed by atoms with van der Waals surface area (Å²) < 4.78 is 32.5. The molecule has 0 saturated heterocycles. The first-order chi connectivity index (χ1) is 11.9. The van der Waals surface area contributed by atoms with Gasteiger partial charge in [0.05, 0.1) is 5.69 Å². The maximum Gasteiger partial charge on any atom is 0.414 e. The van der Waals surface area contributed by atoms with E-state index in [2.05, 4.69) is 5.32 Å². The van der Waals surface area contributed by atoms with E-state index in [1.807, 2.05) is 26.0 Å². The van der Waals surface area contributed by atoms with E-state index in [9.17, 15) is 13.6 Å². The molecule has 1 N–H and O–H groups in total. The number of cyclic esters (lactones) is 1. The SMILES string of the molecule is CCC1(CC)OC(=O)N(C)c2ccc(Nc3cc(F)cc(F)c3)cc21. The Morgan fingerprint density at radius 2 is 1.68 bits per heavy atom. The van der Waals surface area contributed by atoms with Gasteiger partial charge in [-0.2, -0.15) is 0 Å². The molecule has 0 aromatic heterocycles. The van der Waals surface area contributed by atoms with Gasteiger partial charge in [-0.15, -0.1) is 0 Å². The molecule has 2 aromatic carbocycles. The number of anilines is 3. The second kappa shape index (κ2) is 6.35. The maximum atomic E-state index is 13.4. The molecule has 1 amide bonds. The summed E-state index contributed by atoms with van der Waals surface area (Å²) in [5.41, 5.74) is 1.93. The molecule has 6 heteroatoms. The Hall–Kier alpha value is -2.63. The molecule has 0 unspecified atom stereocenters. The first-order valence-corrected chi connectivity index (χ1v) is 8.23. The minimum atomic E-state index is -0.705. The van der Waals surface area contributed by atoms with Gasteiger partial charge in [0.15, 0.2) is 0 Å². The monoisotopic (exact) mass is 346 g/mol. The fourth-order valence-electron chi connectivity index (χ4n) is 3.23. The van der Waals surface area contributed by atoms with Crippen LogP contribution in [0.2, 0.25) is 0 Å². The van der Waals surface area contributed by atoms with Crippen molar-refractivity contribution in [1.82, 2.24) is 0 Å². The highest BCUT2D eigenvalue weighted by Crippen LogP contribution is 2.44. The summed E-state index contributed by atoms with van der Waals surface area (Å²) in [5.74, 6) is -1.30. The minimum absolute atomic E-state index is 0.317. The van der Waals surface area contributed by atoms with Crippen LogP contribution in [0.3, 0.4) is 0 Å². The molecule has 4 nitrogen and oxygen atoms in total. The van der Waals surface area contributed by atoms with E-state index in [0.29, 0.717) is 24.2 Å². The number of benzene rings is 2. The molecule has 25 heavy (non-hydrogen) atoms. The van der Waals surface area contributed by atoms with Crippen LogP contribution in [0.5, 0.6) is 0 Å². The van der Waals surface area contributed by atoms with E-state index in [1.165, 1.54) is 17.0 Å². The zero-order chi connectivity index (χ0) is 18.2. The van der Waals surface area contributed by atoms with Gasteiger partial charge in [-0.3, -0.25) is 4.90 Å². The number of carbonyl (C=O) groups excluding carboxylic acids is 1. The lowest BCUT2D eigenvalue weighted by atomic mass is 9.85. The number of ether oxygens (including phenoxy) is 1. The quantitative estimate of drug-likeness (QED) is 0.816. The van der Waals surface area contributed by atoms with Gasteiger partial charge in [0, 0.05) is 30.1 Å². The first kappa shape index (κ1) is 17.2. The van der Waals surface area contributed by atoms with E-state index < -0.39 is 17.2 Å². The Balaban J connectivity index is 2.04. The fraction of sp³-hybridized carbons (Fsp3) is 0.316. The number of hydrogen-bond donors (Lipinski definition) is 1. The number of halogens is 2. The Bertz CT molecular complexity index is 799. The summed E-state index contributed by atoms with van der Waals surface area (Å²) in [6.07, 6.45) is 0.881. The summed E-state index contributed by atoms with van der Waals surface area (Å²) in [6.45, 7) is 3.93. The fourth-order valence-corrected chi connectivity index (χ4v) is 3.23. The van der Waals surface area contributed by atoms with Crippen LogP contribution in [0.1, 0.15) is 32.3 Å². The van der Waals surface area contributed by atoms with Crippen molar-refractivity contribution in [2.75, 3.05) is 17.3 Å². The molecular formula is C19H20F2N2O2. The maximum absolute atomic E-state index is 13.4. The summed E-state index contributed by atoms with van der Waals surface area (Å²) in [5, 5.41) is 3.01. The summed E-state index contributed by atoms with van der Waals surface area (Å²) in [7, 11) is 1.66. The predicted octanol–water partition coefficient (Wildman–Crippen LogP) is 5.31. The lowest BCUT2D eigenvalue weighted by molar-refractivity contribution is -0.000184. The standard InChI is InChI=1S/C19H20F2N2O2/c1-4-19(5-2)16-11-14(6-7-17(16)23(3)18(24)25-19)22-15-9-12(20)8-13(21)10-15/h6-11,22H,4-5H2,1-3H3. The van der Waals surface area contributed by atoms with E-state index >= 15 is 0 Å². The Morgan fingerprint density at radius 1 is 1.04 bits per heavy atom. The molecule has 3 rings (SSSR count). The summed E-state index contributed by atoms with van der Waals surface area (Å²) >= 11 is 0. The second-order valence-corrected chi connectivity index (χ2v) is 6.14. The Morgan fingerprint density at radius 3 is 2.28 bits per heavy atom. The molecule has 0 radical (unpaired) electrons.